The zero-order valence-electron chi connectivity index (χ0n) is 8.73. The number of pyridine rings is 1. The van der Waals surface area contributed by atoms with Gasteiger partial charge in [0.15, 0.2) is 0 Å². The molecule has 88 valence electrons. The summed E-state index contributed by atoms with van der Waals surface area (Å²) in [5.74, 6) is -1.26. The summed E-state index contributed by atoms with van der Waals surface area (Å²) in [6.45, 7) is -0.227. The van der Waals surface area contributed by atoms with Crippen LogP contribution in [0.25, 0.3) is 0 Å². The molecule has 0 amide bonds. The van der Waals surface area contributed by atoms with Gasteiger partial charge in [0, 0.05) is 24.3 Å². The van der Waals surface area contributed by atoms with Crippen LogP contribution in [0.3, 0.4) is 0 Å². The Morgan fingerprint density at radius 1 is 1.12 bits per heavy atom. The number of hydrogen-bond acceptors (Lipinski definition) is 3. The molecular formula is C12H9F2NO2. The van der Waals surface area contributed by atoms with Crippen molar-refractivity contribution in [3.63, 3.8) is 0 Å². The lowest BCUT2D eigenvalue weighted by molar-refractivity contribution is 0.275. The van der Waals surface area contributed by atoms with Crippen molar-refractivity contribution in [1.82, 2.24) is 4.98 Å². The quantitative estimate of drug-likeness (QED) is 0.892. The van der Waals surface area contributed by atoms with Gasteiger partial charge in [-0.05, 0) is 6.07 Å². The van der Waals surface area contributed by atoms with E-state index in [-0.39, 0.29) is 18.2 Å². The number of aliphatic hydroxyl groups is 1. The topological polar surface area (TPSA) is 42.4 Å². The SMILES string of the molecule is OCc1cccc(Oc2cc(F)cc(F)c2)n1. The minimum atomic E-state index is -0.724. The van der Waals surface area contributed by atoms with Crippen LogP contribution in [-0.2, 0) is 6.61 Å². The summed E-state index contributed by atoms with van der Waals surface area (Å²) in [5, 5.41) is 8.88. The van der Waals surface area contributed by atoms with Crippen molar-refractivity contribution in [2.75, 3.05) is 0 Å². The largest absolute Gasteiger partial charge is 0.439 e. The van der Waals surface area contributed by atoms with Gasteiger partial charge < -0.3 is 9.84 Å². The minimum Gasteiger partial charge on any atom is -0.439 e. The molecule has 0 aliphatic heterocycles. The molecule has 2 aromatic rings. The minimum absolute atomic E-state index is 0.0186. The summed E-state index contributed by atoms with van der Waals surface area (Å²) in [6, 6.07) is 7.63. The summed E-state index contributed by atoms with van der Waals surface area (Å²) < 4.78 is 31.0. The Kier molecular flexibility index (Phi) is 3.30. The molecule has 0 fully saturated rings. The summed E-state index contributed by atoms with van der Waals surface area (Å²) in [6.07, 6.45) is 0. The normalized spacial score (nSPS) is 10.3. The summed E-state index contributed by atoms with van der Waals surface area (Å²) in [4.78, 5) is 3.93. The third-order valence-electron chi connectivity index (χ3n) is 2.00. The molecule has 1 heterocycles. The zero-order valence-corrected chi connectivity index (χ0v) is 8.73. The van der Waals surface area contributed by atoms with Gasteiger partial charge in [0.2, 0.25) is 5.88 Å². The second kappa shape index (κ2) is 4.88. The van der Waals surface area contributed by atoms with Crippen LogP contribution in [0.4, 0.5) is 8.78 Å². The fourth-order valence-electron chi connectivity index (χ4n) is 1.31. The Hall–Kier alpha value is -2.01. The third kappa shape index (κ3) is 2.98. The molecule has 0 spiro atoms. The zero-order chi connectivity index (χ0) is 12.3. The predicted octanol–water partition coefficient (Wildman–Crippen LogP) is 2.64. The highest BCUT2D eigenvalue weighted by molar-refractivity contribution is 5.28. The van der Waals surface area contributed by atoms with E-state index in [0.29, 0.717) is 5.69 Å². The Balaban J connectivity index is 2.24. The summed E-state index contributed by atoms with van der Waals surface area (Å²) in [7, 11) is 0. The average Bonchev–Trinajstić information content (AvgIpc) is 2.28. The molecule has 2 rings (SSSR count). The third-order valence-corrected chi connectivity index (χ3v) is 2.00. The van der Waals surface area contributed by atoms with Gasteiger partial charge in [-0.3, -0.25) is 0 Å². The number of rotatable bonds is 3. The summed E-state index contributed by atoms with van der Waals surface area (Å²) >= 11 is 0. The summed E-state index contributed by atoms with van der Waals surface area (Å²) in [5.41, 5.74) is 0.416. The van der Waals surface area contributed by atoms with E-state index in [1.54, 1.807) is 12.1 Å². The molecule has 1 N–H and O–H groups in total. The Bertz CT molecular complexity index is 511. The van der Waals surface area contributed by atoms with E-state index in [1.807, 2.05) is 0 Å². The second-order valence-electron chi connectivity index (χ2n) is 3.33. The molecule has 0 saturated heterocycles. The Morgan fingerprint density at radius 3 is 2.47 bits per heavy atom. The van der Waals surface area contributed by atoms with Gasteiger partial charge in [0.1, 0.15) is 17.4 Å². The number of aromatic nitrogens is 1. The van der Waals surface area contributed by atoms with Crippen LogP contribution in [0.15, 0.2) is 36.4 Å². The van der Waals surface area contributed by atoms with E-state index in [1.165, 1.54) is 6.07 Å². The molecule has 1 aromatic heterocycles. The Morgan fingerprint density at radius 2 is 1.82 bits per heavy atom. The van der Waals surface area contributed by atoms with E-state index in [2.05, 4.69) is 4.98 Å². The van der Waals surface area contributed by atoms with Crippen molar-refractivity contribution in [2.24, 2.45) is 0 Å². The molecule has 3 nitrogen and oxygen atoms in total. The van der Waals surface area contributed by atoms with Crippen LogP contribution in [0, 0.1) is 11.6 Å². The highest BCUT2D eigenvalue weighted by Gasteiger charge is 2.04. The molecule has 0 aliphatic rings. The molecule has 1 aromatic carbocycles. The van der Waals surface area contributed by atoms with Crippen LogP contribution < -0.4 is 4.74 Å². The second-order valence-corrected chi connectivity index (χ2v) is 3.33. The van der Waals surface area contributed by atoms with Gasteiger partial charge in [-0.2, -0.15) is 0 Å². The molecule has 0 unspecified atom stereocenters. The number of ether oxygens (including phenoxy) is 1. The van der Waals surface area contributed by atoms with E-state index in [9.17, 15) is 8.78 Å². The van der Waals surface area contributed by atoms with Crippen molar-refractivity contribution >= 4 is 0 Å². The number of benzene rings is 1. The monoisotopic (exact) mass is 237 g/mol. The Labute approximate surface area is 96.3 Å². The molecule has 5 heteroatoms. The van der Waals surface area contributed by atoms with Crippen LogP contribution in [0.1, 0.15) is 5.69 Å². The van der Waals surface area contributed by atoms with Gasteiger partial charge in [0.25, 0.3) is 0 Å². The first-order chi connectivity index (χ1) is 8.17. The first kappa shape index (κ1) is 11.5. The van der Waals surface area contributed by atoms with Crippen LogP contribution in [-0.4, -0.2) is 10.1 Å². The lowest BCUT2D eigenvalue weighted by Crippen LogP contribution is -1.93. The number of halogens is 2. The molecule has 0 saturated carbocycles. The predicted molar refractivity (Wildman–Crippen MR) is 56.6 cm³/mol. The molecule has 0 radical (unpaired) electrons. The van der Waals surface area contributed by atoms with Gasteiger partial charge in [-0.1, -0.05) is 6.07 Å². The highest BCUT2D eigenvalue weighted by Crippen LogP contribution is 2.21. The standard InChI is InChI=1S/C12H9F2NO2/c13-8-4-9(14)6-11(5-8)17-12-3-1-2-10(7-16)15-12/h1-6,16H,7H2. The van der Waals surface area contributed by atoms with Crippen molar-refractivity contribution < 1.29 is 18.6 Å². The van der Waals surface area contributed by atoms with E-state index in [4.69, 9.17) is 9.84 Å². The first-order valence-electron chi connectivity index (χ1n) is 4.88. The maximum atomic E-state index is 12.9. The van der Waals surface area contributed by atoms with Gasteiger partial charge >= 0.3 is 0 Å². The van der Waals surface area contributed by atoms with Crippen LogP contribution in [0.5, 0.6) is 11.6 Å². The molecule has 0 atom stereocenters. The van der Waals surface area contributed by atoms with Crippen LogP contribution in [0.2, 0.25) is 0 Å². The van der Waals surface area contributed by atoms with E-state index < -0.39 is 11.6 Å². The van der Waals surface area contributed by atoms with Gasteiger partial charge in [-0.15, -0.1) is 0 Å². The molecule has 17 heavy (non-hydrogen) atoms. The molecule has 0 aliphatic carbocycles. The fraction of sp³-hybridized carbons (Fsp3) is 0.0833. The highest BCUT2D eigenvalue weighted by atomic mass is 19.1. The van der Waals surface area contributed by atoms with Crippen molar-refractivity contribution in [2.45, 2.75) is 6.61 Å². The maximum absolute atomic E-state index is 12.9. The number of aliphatic hydroxyl groups excluding tert-OH is 1. The first-order valence-corrected chi connectivity index (χ1v) is 4.88. The smallest absolute Gasteiger partial charge is 0.219 e. The van der Waals surface area contributed by atoms with Gasteiger partial charge in [0.05, 0.1) is 12.3 Å². The lowest BCUT2D eigenvalue weighted by Gasteiger charge is -2.05. The van der Waals surface area contributed by atoms with Crippen molar-refractivity contribution in [3.05, 3.63) is 53.7 Å². The van der Waals surface area contributed by atoms with Crippen molar-refractivity contribution in [3.8, 4) is 11.6 Å². The maximum Gasteiger partial charge on any atom is 0.219 e. The number of hydrogen-bond donors (Lipinski definition) is 1. The fourth-order valence-corrected chi connectivity index (χ4v) is 1.31. The lowest BCUT2D eigenvalue weighted by atomic mass is 10.3. The molecule has 0 bridgehead atoms. The molecular weight excluding hydrogens is 228 g/mol. The average molecular weight is 237 g/mol. The van der Waals surface area contributed by atoms with Crippen LogP contribution >= 0.6 is 0 Å². The van der Waals surface area contributed by atoms with Gasteiger partial charge in [-0.25, -0.2) is 13.8 Å². The van der Waals surface area contributed by atoms with E-state index in [0.717, 1.165) is 18.2 Å². The van der Waals surface area contributed by atoms with E-state index >= 15 is 0 Å². The van der Waals surface area contributed by atoms with Crippen molar-refractivity contribution in [1.29, 1.82) is 0 Å². The number of nitrogens with zero attached hydrogens (tertiary/aromatic N) is 1.